The van der Waals surface area contributed by atoms with Gasteiger partial charge in [-0.15, -0.1) is 11.3 Å². The third-order valence-electron chi connectivity index (χ3n) is 4.47. The number of pyridine rings is 1. The van der Waals surface area contributed by atoms with Gasteiger partial charge >= 0.3 is 0 Å². The van der Waals surface area contributed by atoms with E-state index >= 15 is 0 Å². The monoisotopic (exact) mass is 376 g/mol. The Labute approximate surface area is 161 Å². The number of hydrogen-bond acceptors (Lipinski definition) is 4. The molecule has 0 aliphatic heterocycles. The van der Waals surface area contributed by atoms with Crippen LogP contribution >= 0.6 is 11.3 Å². The summed E-state index contributed by atoms with van der Waals surface area (Å²) in [6.07, 6.45) is 3.55. The lowest BCUT2D eigenvalue weighted by molar-refractivity contribution is 0.0731. The summed E-state index contributed by atoms with van der Waals surface area (Å²) in [6, 6.07) is 16.0. The molecule has 0 N–H and O–H groups in total. The zero-order valence-electron chi connectivity index (χ0n) is 15.3. The smallest absolute Gasteiger partial charge is 0.264 e. The number of rotatable bonds is 5. The minimum Gasteiger partial charge on any atom is -0.328 e. The highest BCUT2D eigenvalue weighted by atomic mass is 32.1. The molecular weight excluding hydrogens is 356 g/mol. The molecule has 0 saturated heterocycles. The van der Waals surface area contributed by atoms with Crippen LogP contribution in [-0.2, 0) is 20.1 Å². The van der Waals surface area contributed by atoms with Crippen LogP contribution in [0.1, 0.15) is 26.6 Å². The number of fused-ring (bicyclic) bond motifs is 1. The fourth-order valence-corrected chi connectivity index (χ4v) is 4.19. The van der Waals surface area contributed by atoms with Crippen molar-refractivity contribution in [3.63, 3.8) is 0 Å². The molecule has 0 saturated carbocycles. The highest BCUT2D eigenvalue weighted by Gasteiger charge is 2.20. The van der Waals surface area contributed by atoms with Crippen LogP contribution in [0.25, 0.3) is 10.1 Å². The van der Waals surface area contributed by atoms with E-state index < -0.39 is 0 Å². The second kappa shape index (κ2) is 7.32. The van der Waals surface area contributed by atoms with Crippen molar-refractivity contribution in [1.82, 2.24) is 19.7 Å². The summed E-state index contributed by atoms with van der Waals surface area (Å²) in [5.74, 6) is 0.0268. The Morgan fingerprint density at radius 3 is 2.70 bits per heavy atom. The molecule has 0 radical (unpaired) electrons. The Hall–Kier alpha value is -2.99. The Morgan fingerprint density at radius 2 is 2.00 bits per heavy atom. The number of benzene rings is 1. The molecule has 0 fully saturated rings. The van der Waals surface area contributed by atoms with Gasteiger partial charge in [-0.25, -0.2) is 0 Å². The second-order valence-corrected chi connectivity index (χ2v) is 7.66. The lowest BCUT2D eigenvalue weighted by atomic mass is 10.2. The molecule has 3 aromatic heterocycles. The summed E-state index contributed by atoms with van der Waals surface area (Å²) < 4.78 is 2.96. The normalized spacial score (nSPS) is 11.0. The molecule has 1 aromatic carbocycles. The van der Waals surface area contributed by atoms with Gasteiger partial charge < -0.3 is 4.90 Å². The zero-order valence-corrected chi connectivity index (χ0v) is 16.1. The molecule has 4 rings (SSSR count). The van der Waals surface area contributed by atoms with Crippen LogP contribution < -0.4 is 0 Å². The number of aryl methyl sites for hydroxylation is 2. The third kappa shape index (κ3) is 3.75. The molecule has 0 aliphatic carbocycles. The maximum absolute atomic E-state index is 13.3. The van der Waals surface area contributed by atoms with Crippen LogP contribution in [0.3, 0.4) is 0 Å². The van der Waals surface area contributed by atoms with Gasteiger partial charge in [0.25, 0.3) is 5.91 Å². The van der Waals surface area contributed by atoms with Gasteiger partial charge in [0.1, 0.15) is 0 Å². The minimum absolute atomic E-state index is 0.0268. The Kier molecular flexibility index (Phi) is 4.73. The van der Waals surface area contributed by atoms with Gasteiger partial charge in [-0.1, -0.05) is 24.3 Å². The van der Waals surface area contributed by atoms with Gasteiger partial charge in [0.2, 0.25) is 0 Å². The standard InChI is InChI=1S/C21H20N4OS/c1-15-10-18(24(2)23-15)14-25(13-16-6-5-9-22-12-16)21(26)20-11-17-7-3-4-8-19(17)27-20/h3-12H,13-14H2,1-2H3. The maximum atomic E-state index is 13.3. The zero-order chi connectivity index (χ0) is 18.8. The van der Waals surface area contributed by atoms with E-state index in [4.69, 9.17) is 0 Å². The molecule has 0 atom stereocenters. The summed E-state index contributed by atoms with van der Waals surface area (Å²) in [5, 5.41) is 5.51. The molecule has 0 spiro atoms. The van der Waals surface area contributed by atoms with E-state index in [-0.39, 0.29) is 5.91 Å². The number of thiophene rings is 1. The van der Waals surface area contributed by atoms with Gasteiger partial charge in [-0.05, 0) is 42.1 Å². The first-order valence-electron chi connectivity index (χ1n) is 8.76. The third-order valence-corrected chi connectivity index (χ3v) is 5.58. The minimum atomic E-state index is 0.0268. The molecular formula is C21H20N4OS. The first-order valence-corrected chi connectivity index (χ1v) is 9.58. The Bertz CT molecular complexity index is 1050. The lowest BCUT2D eigenvalue weighted by Gasteiger charge is -2.22. The first-order chi connectivity index (χ1) is 13.1. The summed E-state index contributed by atoms with van der Waals surface area (Å²) in [7, 11) is 1.91. The molecule has 27 heavy (non-hydrogen) atoms. The number of aromatic nitrogens is 3. The van der Waals surface area contributed by atoms with E-state index in [1.54, 1.807) is 12.4 Å². The van der Waals surface area contributed by atoms with Crippen molar-refractivity contribution in [2.24, 2.45) is 7.05 Å². The summed E-state index contributed by atoms with van der Waals surface area (Å²) in [6.45, 7) is 2.97. The number of carbonyl (C=O) groups is 1. The van der Waals surface area contributed by atoms with Crippen molar-refractivity contribution in [1.29, 1.82) is 0 Å². The molecule has 0 unspecified atom stereocenters. The van der Waals surface area contributed by atoms with Crippen molar-refractivity contribution < 1.29 is 4.79 Å². The number of carbonyl (C=O) groups excluding carboxylic acids is 1. The fourth-order valence-electron chi connectivity index (χ4n) is 3.16. The maximum Gasteiger partial charge on any atom is 0.264 e. The largest absolute Gasteiger partial charge is 0.328 e. The molecule has 6 heteroatoms. The number of amides is 1. The highest BCUT2D eigenvalue weighted by molar-refractivity contribution is 7.20. The van der Waals surface area contributed by atoms with E-state index in [1.165, 1.54) is 11.3 Å². The molecule has 0 bridgehead atoms. The van der Waals surface area contributed by atoms with Crippen molar-refractivity contribution in [3.8, 4) is 0 Å². The van der Waals surface area contributed by atoms with Crippen LogP contribution in [0.5, 0.6) is 0 Å². The van der Waals surface area contributed by atoms with E-state index in [0.29, 0.717) is 13.1 Å². The first kappa shape index (κ1) is 17.4. The molecule has 4 aromatic rings. The number of hydrogen-bond donors (Lipinski definition) is 0. The van der Waals surface area contributed by atoms with Crippen molar-refractivity contribution in [2.45, 2.75) is 20.0 Å². The molecule has 3 heterocycles. The predicted molar refractivity (Wildman–Crippen MR) is 108 cm³/mol. The van der Waals surface area contributed by atoms with Crippen LogP contribution in [-0.4, -0.2) is 25.6 Å². The molecule has 136 valence electrons. The summed E-state index contributed by atoms with van der Waals surface area (Å²) >= 11 is 1.53. The highest BCUT2D eigenvalue weighted by Crippen LogP contribution is 2.27. The van der Waals surface area contributed by atoms with Gasteiger partial charge in [0, 0.05) is 30.7 Å². The van der Waals surface area contributed by atoms with Crippen LogP contribution in [0.4, 0.5) is 0 Å². The van der Waals surface area contributed by atoms with Crippen LogP contribution in [0, 0.1) is 6.92 Å². The van der Waals surface area contributed by atoms with Crippen LogP contribution in [0.15, 0.2) is 60.9 Å². The van der Waals surface area contributed by atoms with Crippen LogP contribution in [0.2, 0.25) is 0 Å². The van der Waals surface area contributed by atoms with E-state index in [9.17, 15) is 4.79 Å². The SMILES string of the molecule is Cc1cc(CN(Cc2cccnc2)C(=O)c2cc3ccccc3s2)n(C)n1. The number of nitrogens with zero attached hydrogens (tertiary/aromatic N) is 4. The lowest BCUT2D eigenvalue weighted by Crippen LogP contribution is -2.30. The van der Waals surface area contributed by atoms with Crippen molar-refractivity contribution >= 4 is 27.3 Å². The quantitative estimate of drug-likeness (QED) is 0.525. The molecule has 0 aliphatic rings. The van der Waals surface area contributed by atoms with E-state index in [0.717, 1.165) is 31.9 Å². The van der Waals surface area contributed by atoms with E-state index in [1.807, 2.05) is 72.1 Å². The van der Waals surface area contributed by atoms with Crippen molar-refractivity contribution in [3.05, 3.63) is 82.8 Å². The van der Waals surface area contributed by atoms with Gasteiger partial charge in [-0.2, -0.15) is 5.10 Å². The van der Waals surface area contributed by atoms with Crippen molar-refractivity contribution in [2.75, 3.05) is 0 Å². The summed E-state index contributed by atoms with van der Waals surface area (Å²) in [5.41, 5.74) is 2.96. The topological polar surface area (TPSA) is 51.0 Å². The van der Waals surface area contributed by atoms with E-state index in [2.05, 4.69) is 10.1 Å². The second-order valence-electron chi connectivity index (χ2n) is 6.57. The van der Waals surface area contributed by atoms with Gasteiger partial charge in [0.05, 0.1) is 22.8 Å². The Balaban J connectivity index is 1.67. The Morgan fingerprint density at radius 1 is 1.15 bits per heavy atom. The van der Waals surface area contributed by atoms with Gasteiger partial charge in [0.15, 0.2) is 0 Å². The fraction of sp³-hybridized carbons (Fsp3) is 0.190. The average molecular weight is 376 g/mol. The average Bonchev–Trinajstić information content (AvgIpc) is 3.24. The molecule has 5 nitrogen and oxygen atoms in total. The summed E-state index contributed by atoms with van der Waals surface area (Å²) in [4.78, 5) is 20.1. The predicted octanol–water partition coefficient (Wildman–Crippen LogP) is 4.18. The van der Waals surface area contributed by atoms with Gasteiger partial charge in [-0.3, -0.25) is 14.5 Å². The molecule has 1 amide bonds.